The van der Waals surface area contributed by atoms with Crippen molar-refractivity contribution in [3.8, 4) is 5.75 Å². The quantitative estimate of drug-likeness (QED) is 0.814. The summed E-state index contributed by atoms with van der Waals surface area (Å²) in [6.45, 7) is 2.17. The number of halogens is 3. The van der Waals surface area contributed by atoms with Gasteiger partial charge in [-0.2, -0.15) is 0 Å². The second kappa shape index (κ2) is 7.77. The van der Waals surface area contributed by atoms with E-state index in [-0.39, 0.29) is 11.7 Å². The van der Waals surface area contributed by atoms with Crippen LogP contribution in [0.1, 0.15) is 56.4 Å². The summed E-state index contributed by atoms with van der Waals surface area (Å²) >= 11 is 0. The van der Waals surface area contributed by atoms with Crippen molar-refractivity contribution in [2.75, 3.05) is 20.1 Å². The average molecular weight is 371 g/mol. The number of aliphatic hydroxyl groups is 1. The molecule has 2 aliphatic rings. The van der Waals surface area contributed by atoms with Gasteiger partial charge < -0.3 is 14.7 Å². The number of alkyl halides is 3. The van der Waals surface area contributed by atoms with E-state index in [4.69, 9.17) is 0 Å². The topological polar surface area (TPSA) is 32.7 Å². The summed E-state index contributed by atoms with van der Waals surface area (Å²) in [4.78, 5) is 2.34. The van der Waals surface area contributed by atoms with E-state index in [9.17, 15) is 18.3 Å². The van der Waals surface area contributed by atoms with Crippen molar-refractivity contribution in [2.45, 2.75) is 62.8 Å². The van der Waals surface area contributed by atoms with Crippen molar-refractivity contribution in [3.05, 3.63) is 29.8 Å². The fraction of sp³-hybridized carbons (Fsp3) is 0.700. The van der Waals surface area contributed by atoms with Gasteiger partial charge in [-0.3, -0.25) is 0 Å². The van der Waals surface area contributed by atoms with Gasteiger partial charge in [0.1, 0.15) is 5.75 Å². The Kier molecular flexibility index (Phi) is 5.82. The smallest absolute Gasteiger partial charge is 0.406 e. The summed E-state index contributed by atoms with van der Waals surface area (Å²) < 4.78 is 41.1. The van der Waals surface area contributed by atoms with Crippen molar-refractivity contribution in [3.63, 3.8) is 0 Å². The lowest BCUT2D eigenvalue weighted by atomic mass is 9.65. The van der Waals surface area contributed by atoms with E-state index in [0.717, 1.165) is 63.6 Å². The molecule has 0 spiro atoms. The Bertz CT molecular complexity index is 584. The van der Waals surface area contributed by atoms with E-state index in [2.05, 4.69) is 16.7 Å². The van der Waals surface area contributed by atoms with Gasteiger partial charge in [0, 0.05) is 5.92 Å². The summed E-state index contributed by atoms with van der Waals surface area (Å²) in [7, 11) is 2.14. The first-order valence-electron chi connectivity index (χ1n) is 9.52. The molecule has 1 aliphatic heterocycles. The van der Waals surface area contributed by atoms with Gasteiger partial charge in [-0.05, 0) is 88.7 Å². The average Bonchev–Trinajstić information content (AvgIpc) is 2.74. The molecule has 3 rings (SSSR count). The SMILES string of the molecule is CN1CCCC(CC(c2ccc(OC(F)(F)F)cc2)C2(O)CCC2)CC1. The highest BCUT2D eigenvalue weighted by Crippen LogP contribution is 2.47. The van der Waals surface area contributed by atoms with Gasteiger partial charge in [-0.25, -0.2) is 0 Å². The molecule has 2 fully saturated rings. The molecule has 2 atom stereocenters. The lowest BCUT2D eigenvalue weighted by molar-refractivity contribution is -0.274. The summed E-state index contributed by atoms with van der Waals surface area (Å²) in [5, 5.41) is 11.0. The lowest BCUT2D eigenvalue weighted by Crippen LogP contribution is -2.43. The first-order valence-corrected chi connectivity index (χ1v) is 9.52. The summed E-state index contributed by atoms with van der Waals surface area (Å²) in [5.74, 6) is 0.307. The number of nitrogens with zero attached hydrogens (tertiary/aromatic N) is 1. The Hall–Kier alpha value is -1.27. The predicted octanol–water partition coefficient (Wildman–Crippen LogP) is 4.71. The molecule has 2 unspecified atom stereocenters. The van der Waals surface area contributed by atoms with Gasteiger partial charge in [0.05, 0.1) is 5.60 Å². The number of benzene rings is 1. The van der Waals surface area contributed by atoms with E-state index >= 15 is 0 Å². The molecule has 6 heteroatoms. The molecular formula is C20H28F3NO2. The molecule has 1 aliphatic carbocycles. The third kappa shape index (κ3) is 4.92. The largest absolute Gasteiger partial charge is 0.573 e. The Morgan fingerprint density at radius 3 is 2.42 bits per heavy atom. The fourth-order valence-corrected chi connectivity index (χ4v) is 4.33. The maximum Gasteiger partial charge on any atom is 0.573 e. The molecule has 3 nitrogen and oxygen atoms in total. The molecule has 26 heavy (non-hydrogen) atoms. The molecular weight excluding hydrogens is 343 g/mol. The van der Waals surface area contributed by atoms with Crippen LogP contribution in [0, 0.1) is 5.92 Å². The minimum atomic E-state index is -4.68. The maximum absolute atomic E-state index is 12.4. The molecule has 1 aromatic carbocycles. The second-order valence-corrected chi connectivity index (χ2v) is 7.96. The highest BCUT2D eigenvalue weighted by molar-refractivity contribution is 5.32. The summed E-state index contributed by atoms with van der Waals surface area (Å²) in [6, 6.07) is 6.09. The highest BCUT2D eigenvalue weighted by atomic mass is 19.4. The monoisotopic (exact) mass is 371 g/mol. The van der Waals surface area contributed by atoms with Crippen molar-refractivity contribution in [2.24, 2.45) is 5.92 Å². The minimum Gasteiger partial charge on any atom is -0.406 e. The second-order valence-electron chi connectivity index (χ2n) is 7.96. The van der Waals surface area contributed by atoms with Crippen LogP contribution in [0.15, 0.2) is 24.3 Å². The minimum absolute atomic E-state index is 0.0235. The number of hydrogen-bond donors (Lipinski definition) is 1. The third-order valence-corrected chi connectivity index (χ3v) is 6.02. The first kappa shape index (κ1) is 19.5. The van der Waals surface area contributed by atoms with Crippen molar-refractivity contribution < 1.29 is 23.0 Å². The number of rotatable bonds is 5. The molecule has 1 N–H and O–H groups in total. The molecule has 146 valence electrons. The van der Waals surface area contributed by atoms with Gasteiger partial charge in [-0.15, -0.1) is 13.2 Å². The summed E-state index contributed by atoms with van der Waals surface area (Å²) in [6.07, 6.45) is 2.17. The first-order chi connectivity index (χ1) is 12.3. The highest BCUT2D eigenvalue weighted by Gasteiger charge is 2.43. The Labute approximate surface area is 153 Å². The van der Waals surface area contributed by atoms with E-state index in [1.807, 2.05) is 0 Å². The molecule has 0 amide bonds. The van der Waals surface area contributed by atoms with Gasteiger partial charge in [0.2, 0.25) is 0 Å². The Morgan fingerprint density at radius 2 is 1.85 bits per heavy atom. The molecule has 0 radical (unpaired) electrons. The van der Waals surface area contributed by atoms with Gasteiger partial charge in [-0.1, -0.05) is 12.1 Å². The van der Waals surface area contributed by atoms with Crippen LogP contribution in [-0.4, -0.2) is 42.1 Å². The van der Waals surface area contributed by atoms with E-state index < -0.39 is 12.0 Å². The van der Waals surface area contributed by atoms with E-state index in [0.29, 0.717) is 5.92 Å². The zero-order valence-electron chi connectivity index (χ0n) is 15.3. The van der Waals surface area contributed by atoms with Crippen molar-refractivity contribution in [1.29, 1.82) is 0 Å². The predicted molar refractivity (Wildman–Crippen MR) is 94.1 cm³/mol. The number of ether oxygens (including phenoxy) is 1. The standard InChI is InChI=1S/C20H28F3NO2/c1-24-12-2-4-15(9-13-24)14-18(19(25)10-3-11-19)16-5-7-17(8-6-16)26-20(21,22)23/h5-8,15,18,25H,2-4,9-14H2,1H3. The molecule has 1 saturated carbocycles. The van der Waals surface area contributed by atoms with Crippen LogP contribution < -0.4 is 4.74 Å². The number of hydrogen-bond acceptors (Lipinski definition) is 3. The van der Waals surface area contributed by atoms with Gasteiger partial charge in [0.15, 0.2) is 0 Å². The van der Waals surface area contributed by atoms with Gasteiger partial charge >= 0.3 is 6.36 Å². The zero-order valence-corrected chi connectivity index (χ0v) is 15.3. The normalized spacial score (nSPS) is 25.2. The van der Waals surface area contributed by atoms with Gasteiger partial charge in [0.25, 0.3) is 0 Å². The van der Waals surface area contributed by atoms with E-state index in [1.54, 1.807) is 12.1 Å². The Morgan fingerprint density at radius 1 is 1.15 bits per heavy atom. The lowest BCUT2D eigenvalue weighted by Gasteiger charge is -2.45. The van der Waals surface area contributed by atoms with Crippen LogP contribution in [0.3, 0.4) is 0 Å². The van der Waals surface area contributed by atoms with E-state index in [1.165, 1.54) is 12.1 Å². The van der Waals surface area contributed by atoms with Crippen LogP contribution in [0.25, 0.3) is 0 Å². The molecule has 1 heterocycles. The van der Waals surface area contributed by atoms with Crippen LogP contribution in [0.4, 0.5) is 13.2 Å². The molecule has 0 bridgehead atoms. The van der Waals surface area contributed by atoms with Crippen molar-refractivity contribution >= 4 is 0 Å². The van der Waals surface area contributed by atoms with Crippen LogP contribution in [0.5, 0.6) is 5.75 Å². The fourth-order valence-electron chi connectivity index (χ4n) is 4.33. The third-order valence-electron chi connectivity index (χ3n) is 6.02. The van der Waals surface area contributed by atoms with Crippen LogP contribution in [0.2, 0.25) is 0 Å². The Balaban J connectivity index is 1.74. The van der Waals surface area contributed by atoms with Crippen LogP contribution in [-0.2, 0) is 0 Å². The maximum atomic E-state index is 12.4. The van der Waals surface area contributed by atoms with Crippen molar-refractivity contribution in [1.82, 2.24) is 4.90 Å². The zero-order chi connectivity index (χ0) is 18.8. The molecule has 1 aromatic rings. The van der Waals surface area contributed by atoms with Crippen LogP contribution >= 0.6 is 0 Å². The molecule has 1 saturated heterocycles. The molecule has 0 aromatic heterocycles. The summed E-state index contributed by atoms with van der Waals surface area (Å²) in [5.41, 5.74) is 0.198. The number of likely N-dealkylation sites (tertiary alicyclic amines) is 1.